The van der Waals surface area contributed by atoms with Crippen LogP contribution < -0.4 is 5.56 Å². The molecule has 190 valence electrons. The summed E-state index contributed by atoms with van der Waals surface area (Å²) in [6.07, 6.45) is 1.51. The Balaban J connectivity index is 1.69. The second-order valence-corrected chi connectivity index (χ2v) is 8.91. The molecule has 0 N–H and O–H groups in total. The number of nitrogens with zero attached hydrogens (tertiary/aromatic N) is 4. The molecule has 2 aromatic heterocycles. The molecule has 0 saturated heterocycles. The van der Waals surface area contributed by atoms with Crippen molar-refractivity contribution in [3.63, 3.8) is 0 Å². The summed E-state index contributed by atoms with van der Waals surface area (Å²) in [6, 6.07) is 23.3. The predicted octanol–water partition coefficient (Wildman–Crippen LogP) is 5.60. The fourth-order valence-corrected chi connectivity index (χ4v) is 4.46. The molecule has 0 radical (unpaired) electrons. The summed E-state index contributed by atoms with van der Waals surface area (Å²) < 4.78 is 7.04. The molecule has 0 fully saturated rings. The van der Waals surface area contributed by atoms with Crippen molar-refractivity contribution in [1.29, 1.82) is 0 Å². The molecule has 5 rings (SSSR count). The molecule has 38 heavy (non-hydrogen) atoms. The number of aromatic nitrogens is 2. The van der Waals surface area contributed by atoms with Crippen LogP contribution in [0.5, 0.6) is 0 Å². The number of rotatable bonds is 7. The van der Waals surface area contributed by atoms with Crippen LogP contribution in [0.3, 0.4) is 0 Å². The van der Waals surface area contributed by atoms with Gasteiger partial charge in [-0.3, -0.25) is 24.3 Å². The lowest BCUT2D eigenvalue weighted by atomic mass is 10.1. The average Bonchev–Trinajstić information content (AvgIpc) is 3.45. The van der Waals surface area contributed by atoms with E-state index >= 15 is 0 Å². The molecule has 0 saturated carbocycles. The fraction of sp³-hybridized carbons (Fsp3) is 0.138. The van der Waals surface area contributed by atoms with Gasteiger partial charge in [0.15, 0.2) is 0 Å². The van der Waals surface area contributed by atoms with Crippen LogP contribution in [-0.2, 0) is 6.54 Å². The van der Waals surface area contributed by atoms with Crippen molar-refractivity contribution in [3.8, 4) is 5.69 Å². The smallest absolute Gasteiger partial charge is 0.273 e. The van der Waals surface area contributed by atoms with Gasteiger partial charge in [-0.05, 0) is 56.3 Å². The molecule has 0 aliphatic carbocycles. The Morgan fingerprint density at radius 1 is 1.05 bits per heavy atom. The average molecular weight is 509 g/mol. The van der Waals surface area contributed by atoms with Crippen LogP contribution in [0.25, 0.3) is 16.6 Å². The van der Waals surface area contributed by atoms with Crippen LogP contribution >= 0.6 is 0 Å². The molecular formula is C29H24N4O5. The number of para-hydroxylation sites is 2. The number of furan rings is 1. The maximum Gasteiger partial charge on any atom is 0.273 e. The summed E-state index contributed by atoms with van der Waals surface area (Å²) >= 11 is 0. The molecule has 3 aromatic carbocycles. The number of hydrogen-bond donors (Lipinski definition) is 0. The monoisotopic (exact) mass is 508 g/mol. The van der Waals surface area contributed by atoms with E-state index in [0.29, 0.717) is 33.7 Å². The first kappa shape index (κ1) is 24.6. The van der Waals surface area contributed by atoms with Gasteiger partial charge < -0.3 is 9.32 Å². The van der Waals surface area contributed by atoms with Gasteiger partial charge in [0.2, 0.25) is 0 Å². The first-order valence-electron chi connectivity index (χ1n) is 12.0. The Morgan fingerprint density at radius 2 is 1.79 bits per heavy atom. The van der Waals surface area contributed by atoms with Crippen LogP contribution in [0.1, 0.15) is 40.5 Å². The van der Waals surface area contributed by atoms with Gasteiger partial charge in [-0.2, -0.15) is 0 Å². The highest BCUT2D eigenvalue weighted by Crippen LogP contribution is 2.28. The normalized spacial score (nSPS) is 11.8. The third-order valence-corrected chi connectivity index (χ3v) is 6.48. The highest BCUT2D eigenvalue weighted by Gasteiger charge is 2.29. The van der Waals surface area contributed by atoms with E-state index in [1.165, 1.54) is 21.8 Å². The number of carbonyl (C=O) groups excluding carboxylic acids is 1. The lowest BCUT2D eigenvalue weighted by Gasteiger charge is -2.30. The Hall–Kier alpha value is -5.05. The number of fused-ring (bicyclic) bond motifs is 1. The van der Waals surface area contributed by atoms with E-state index in [-0.39, 0.29) is 23.4 Å². The molecule has 5 aromatic rings. The molecule has 0 aliphatic heterocycles. The number of nitro benzene ring substituents is 1. The predicted molar refractivity (Wildman–Crippen MR) is 142 cm³/mol. The SMILES string of the molecule is Cc1ccc(C(=O)N(Cc2ccco2)C(C)c2nc3ccccc3c(=O)n2-c2ccccc2)cc1[N+](=O)[O-]. The van der Waals surface area contributed by atoms with Crippen molar-refractivity contribution >= 4 is 22.5 Å². The van der Waals surface area contributed by atoms with Crippen LogP contribution in [0.15, 0.2) is 100 Å². The van der Waals surface area contributed by atoms with Gasteiger partial charge in [0, 0.05) is 17.2 Å². The Kier molecular flexibility index (Phi) is 6.57. The van der Waals surface area contributed by atoms with Gasteiger partial charge in [-0.1, -0.05) is 36.4 Å². The summed E-state index contributed by atoms with van der Waals surface area (Å²) in [5.41, 5.74) is 1.30. The van der Waals surface area contributed by atoms with Crippen LogP contribution in [0.4, 0.5) is 5.69 Å². The molecule has 9 heteroatoms. The van der Waals surface area contributed by atoms with Crippen molar-refractivity contribution in [3.05, 3.63) is 134 Å². The number of benzene rings is 3. The Bertz CT molecular complexity index is 1690. The van der Waals surface area contributed by atoms with Crippen LogP contribution in [0.2, 0.25) is 0 Å². The first-order chi connectivity index (χ1) is 18.3. The molecule has 9 nitrogen and oxygen atoms in total. The number of aryl methyl sites for hydroxylation is 1. The van der Waals surface area contributed by atoms with E-state index in [1.807, 2.05) is 18.2 Å². The summed E-state index contributed by atoms with van der Waals surface area (Å²) in [7, 11) is 0. The van der Waals surface area contributed by atoms with Gasteiger partial charge in [0.05, 0.1) is 40.4 Å². The third-order valence-electron chi connectivity index (χ3n) is 6.48. The van der Waals surface area contributed by atoms with Crippen molar-refractivity contribution in [2.45, 2.75) is 26.4 Å². The molecule has 1 amide bonds. The minimum absolute atomic E-state index is 0.0617. The van der Waals surface area contributed by atoms with Gasteiger partial charge in [0.1, 0.15) is 11.6 Å². The number of nitro groups is 1. The zero-order valence-electron chi connectivity index (χ0n) is 20.8. The fourth-order valence-electron chi connectivity index (χ4n) is 4.46. The van der Waals surface area contributed by atoms with Gasteiger partial charge in [-0.15, -0.1) is 0 Å². The zero-order chi connectivity index (χ0) is 26.8. The largest absolute Gasteiger partial charge is 0.467 e. The van der Waals surface area contributed by atoms with E-state index < -0.39 is 16.9 Å². The van der Waals surface area contributed by atoms with E-state index in [9.17, 15) is 19.7 Å². The van der Waals surface area contributed by atoms with Gasteiger partial charge in [0.25, 0.3) is 17.2 Å². The molecule has 0 bridgehead atoms. The summed E-state index contributed by atoms with van der Waals surface area (Å²) in [4.78, 5) is 45.0. The second kappa shape index (κ2) is 10.1. The Morgan fingerprint density at radius 3 is 2.50 bits per heavy atom. The lowest BCUT2D eigenvalue weighted by Crippen LogP contribution is -2.37. The van der Waals surface area contributed by atoms with E-state index in [4.69, 9.17) is 9.40 Å². The molecule has 2 heterocycles. The second-order valence-electron chi connectivity index (χ2n) is 8.91. The van der Waals surface area contributed by atoms with Crippen molar-refractivity contribution < 1.29 is 14.1 Å². The topological polar surface area (TPSA) is 111 Å². The molecule has 0 aliphatic rings. The van der Waals surface area contributed by atoms with Crippen molar-refractivity contribution in [1.82, 2.24) is 14.5 Å². The highest BCUT2D eigenvalue weighted by atomic mass is 16.6. The molecule has 1 atom stereocenters. The molecular weight excluding hydrogens is 484 g/mol. The maximum absolute atomic E-state index is 13.9. The summed E-state index contributed by atoms with van der Waals surface area (Å²) in [6.45, 7) is 3.46. The zero-order valence-corrected chi connectivity index (χ0v) is 20.8. The van der Waals surface area contributed by atoms with Crippen molar-refractivity contribution in [2.75, 3.05) is 0 Å². The molecule has 0 spiro atoms. The van der Waals surface area contributed by atoms with Crippen LogP contribution in [0, 0.1) is 17.0 Å². The quantitative estimate of drug-likeness (QED) is 0.209. The molecule has 1 unspecified atom stereocenters. The number of amides is 1. The summed E-state index contributed by atoms with van der Waals surface area (Å²) in [5.74, 6) is 0.404. The summed E-state index contributed by atoms with van der Waals surface area (Å²) in [5, 5.41) is 12.0. The van der Waals surface area contributed by atoms with Gasteiger partial charge in [-0.25, -0.2) is 4.98 Å². The number of hydrogen-bond acceptors (Lipinski definition) is 6. The minimum Gasteiger partial charge on any atom is -0.467 e. The third kappa shape index (κ3) is 4.57. The van der Waals surface area contributed by atoms with E-state index in [1.54, 1.807) is 74.5 Å². The standard InChI is InChI=1S/C29H24N4O5/c1-19-14-15-21(17-26(19)33(36)37)28(34)31(18-23-11-8-16-38-23)20(2)27-30-25-13-7-6-12-24(25)29(35)32(27)22-9-4-3-5-10-22/h3-17,20H,18H2,1-2H3. The maximum atomic E-state index is 13.9. The lowest BCUT2D eigenvalue weighted by molar-refractivity contribution is -0.385. The first-order valence-corrected chi connectivity index (χ1v) is 12.0. The Labute approximate surface area is 217 Å². The minimum atomic E-state index is -0.717. The highest BCUT2D eigenvalue weighted by molar-refractivity contribution is 5.95. The van der Waals surface area contributed by atoms with Gasteiger partial charge >= 0.3 is 0 Å². The van der Waals surface area contributed by atoms with Crippen molar-refractivity contribution in [2.24, 2.45) is 0 Å². The van der Waals surface area contributed by atoms with E-state index in [0.717, 1.165) is 0 Å². The van der Waals surface area contributed by atoms with E-state index in [2.05, 4.69) is 0 Å². The number of carbonyl (C=O) groups is 1. The van der Waals surface area contributed by atoms with Crippen LogP contribution in [-0.4, -0.2) is 25.3 Å².